The van der Waals surface area contributed by atoms with E-state index in [1.807, 2.05) is 6.07 Å². The van der Waals surface area contributed by atoms with E-state index in [1.54, 1.807) is 17.1 Å². The van der Waals surface area contributed by atoms with Crippen molar-refractivity contribution in [2.75, 3.05) is 0 Å². The van der Waals surface area contributed by atoms with Gasteiger partial charge in [0.1, 0.15) is 6.17 Å². The fourth-order valence-corrected chi connectivity index (χ4v) is 1.01. The Kier molecular flexibility index (Phi) is 2.81. The monoisotopic (exact) mass is 167 g/mol. The van der Waals surface area contributed by atoms with Crippen LogP contribution in [0.15, 0.2) is 12.5 Å². The summed E-state index contributed by atoms with van der Waals surface area (Å²) in [6.45, 7) is 1.76. The van der Waals surface area contributed by atoms with Crippen LogP contribution in [-0.4, -0.2) is 15.7 Å². The first kappa shape index (κ1) is 8.72. The minimum Gasteiger partial charge on any atom is -0.331 e. The van der Waals surface area contributed by atoms with E-state index in [4.69, 9.17) is 5.26 Å². The second-order valence-corrected chi connectivity index (χ2v) is 2.65. The summed E-state index contributed by atoms with van der Waals surface area (Å²) < 4.78 is 14.2. The fraction of sp³-hybridized carbons (Fsp3) is 0.500. The van der Waals surface area contributed by atoms with Crippen molar-refractivity contribution in [1.82, 2.24) is 9.55 Å². The van der Waals surface area contributed by atoms with Crippen LogP contribution in [0.25, 0.3) is 0 Å². The van der Waals surface area contributed by atoms with Crippen LogP contribution in [0, 0.1) is 11.3 Å². The van der Waals surface area contributed by atoms with Crippen LogP contribution >= 0.6 is 0 Å². The van der Waals surface area contributed by atoms with E-state index in [9.17, 15) is 4.39 Å². The molecule has 1 unspecified atom stereocenters. The number of hydrogen-bond acceptors (Lipinski definition) is 2. The van der Waals surface area contributed by atoms with Crippen molar-refractivity contribution in [3.8, 4) is 6.07 Å². The third-order valence-electron chi connectivity index (χ3n) is 1.51. The summed E-state index contributed by atoms with van der Waals surface area (Å²) in [5, 5.41) is 8.41. The van der Waals surface area contributed by atoms with Crippen LogP contribution < -0.4 is 0 Å². The van der Waals surface area contributed by atoms with E-state index in [0.29, 0.717) is 0 Å². The molecule has 0 radical (unpaired) electrons. The molecule has 0 bridgehead atoms. The Balaban J connectivity index is 2.71. The lowest BCUT2D eigenvalue weighted by Crippen LogP contribution is -2.09. The maximum Gasteiger partial charge on any atom is 0.115 e. The molecule has 3 nitrogen and oxygen atoms in total. The Morgan fingerprint density at radius 1 is 1.83 bits per heavy atom. The molecule has 1 rings (SSSR count). The molecule has 64 valence electrons. The highest BCUT2D eigenvalue weighted by Crippen LogP contribution is 2.02. The molecule has 0 saturated heterocycles. The number of rotatable bonds is 3. The zero-order valence-electron chi connectivity index (χ0n) is 6.87. The maximum absolute atomic E-state index is 12.6. The quantitative estimate of drug-likeness (QED) is 0.681. The molecule has 0 spiro atoms. The largest absolute Gasteiger partial charge is 0.331 e. The molecule has 0 N–H and O–H groups in total. The summed E-state index contributed by atoms with van der Waals surface area (Å²) in [5.74, 6) is 0. The normalized spacial score (nSPS) is 12.4. The van der Waals surface area contributed by atoms with Gasteiger partial charge in [0, 0.05) is 6.20 Å². The van der Waals surface area contributed by atoms with Gasteiger partial charge in [-0.25, -0.2) is 9.37 Å². The van der Waals surface area contributed by atoms with E-state index in [1.165, 1.54) is 6.92 Å². The predicted octanol–water partition coefficient (Wildman–Crippen LogP) is 1.31. The Bertz CT molecular complexity index is 285. The lowest BCUT2D eigenvalue weighted by molar-refractivity contribution is 0.318. The number of halogens is 1. The molecule has 0 fully saturated rings. The van der Waals surface area contributed by atoms with Crippen molar-refractivity contribution >= 4 is 0 Å². The average Bonchev–Trinajstić information content (AvgIpc) is 2.37. The van der Waals surface area contributed by atoms with E-state index < -0.39 is 6.17 Å². The van der Waals surface area contributed by atoms with Gasteiger partial charge in [-0.05, 0) is 6.92 Å². The molecular weight excluding hydrogens is 157 g/mol. The minimum absolute atomic E-state index is 0.275. The molecule has 1 aromatic heterocycles. The highest BCUT2D eigenvalue weighted by Gasteiger charge is 2.04. The van der Waals surface area contributed by atoms with Crippen LogP contribution in [-0.2, 0) is 13.0 Å². The van der Waals surface area contributed by atoms with Gasteiger partial charge < -0.3 is 4.57 Å². The summed E-state index contributed by atoms with van der Waals surface area (Å²) in [4.78, 5) is 3.84. The molecule has 0 aliphatic carbocycles. The molecule has 4 heteroatoms. The average molecular weight is 167 g/mol. The smallest absolute Gasteiger partial charge is 0.115 e. The first-order chi connectivity index (χ1) is 5.74. The lowest BCUT2D eigenvalue weighted by Gasteiger charge is -2.05. The second-order valence-electron chi connectivity index (χ2n) is 2.65. The zero-order valence-corrected chi connectivity index (χ0v) is 6.87. The van der Waals surface area contributed by atoms with Gasteiger partial charge in [0.05, 0.1) is 31.1 Å². The zero-order chi connectivity index (χ0) is 8.97. The van der Waals surface area contributed by atoms with Crippen molar-refractivity contribution in [3.63, 3.8) is 0 Å². The minimum atomic E-state index is -0.906. The summed E-state index contributed by atoms with van der Waals surface area (Å²) in [7, 11) is 0. The molecule has 0 saturated carbocycles. The summed E-state index contributed by atoms with van der Waals surface area (Å²) in [5.41, 5.74) is 0.766. The summed E-state index contributed by atoms with van der Waals surface area (Å²) >= 11 is 0. The first-order valence-electron chi connectivity index (χ1n) is 3.74. The van der Waals surface area contributed by atoms with Gasteiger partial charge in [0.15, 0.2) is 0 Å². The van der Waals surface area contributed by atoms with Gasteiger partial charge in [0.2, 0.25) is 0 Å². The molecule has 0 aliphatic rings. The van der Waals surface area contributed by atoms with Crippen molar-refractivity contribution in [1.29, 1.82) is 5.26 Å². The molecule has 12 heavy (non-hydrogen) atoms. The van der Waals surface area contributed by atoms with Gasteiger partial charge in [-0.15, -0.1) is 0 Å². The van der Waals surface area contributed by atoms with Crippen molar-refractivity contribution in [2.24, 2.45) is 0 Å². The number of nitriles is 1. The van der Waals surface area contributed by atoms with Crippen LogP contribution in [0.3, 0.4) is 0 Å². The SMILES string of the molecule is CC(F)Cn1cncc1CC#N. The highest BCUT2D eigenvalue weighted by atomic mass is 19.1. The van der Waals surface area contributed by atoms with Crippen molar-refractivity contribution < 1.29 is 4.39 Å². The third kappa shape index (κ3) is 2.06. The number of alkyl halides is 1. The summed E-state index contributed by atoms with van der Waals surface area (Å²) in [6, 6.07) is 2.00. The van der Waals surface area contributed by atoms with E-state index >= 15 is 0 Å². The van der Waals surface area contributed by atoms with Crippen LogP contribution in [0.4, 0.5) is 4.39 Å². The Hall–Kier alpha value is -1.37. The van der Waals surface area contributed by atoms with Gasteiger partial charge in [-0.2, -0.15) is 5.26 Å². The van der Waals surface area contributed by atoms with E-state index in [-0.39, 0.29) is 13.0 Å². The van der Waals surface area contributed by atoms with Crippen molar-refractivity contribution in [3.05, 3.63) is 18.2 Å². The van der Waals surface area contributed by atoms with Crippen LogP contribution in [0.5, 0.6) is 0 Å². The Labute approximate surface area is 70.5 Å². The van der Waals surface area contributed by atoms with Crippen LogP contribution in [0.2, 0.25) is 0 Å². The lowest BCUT2D eigenvalue weighted by atomic mass is 10.3. The second kappa shape index (κ2) is 3.86. The van der Waals surface area contributed by atoms with Gasteiger partial charge in [-0.3, -0.25) is 0 Å². The maximum atomic E-state index is 12.6. The number of hydrogen-bond donors (Lipinski definition) is 0. The van der Waals surface area contributed by atoms with Crippen molar-refractivity contribution in [2.45, 2.75) is 26.1 Å². The molecule has 0 aromatic carbocycles. The van der Waals surface area contributed by atoms with Gasteiger partial charge in [0.25, 0.3) is 0 Å². The number of imidazole rings is 1. The molecule has 0 amide bonds. The van der Waals surface area contributed by atoms with Gasteiger partial charge in [-0.1, -0.05) is 0 Å². The van der Waals surface area contributed by atoms with Crippen LogP contribution in [0.1, 0.15) is 12.6 Å². The Morgan fingerprint density at radius 2 is 2.58 bits per heavy atom. The molecule has 1 heterocycles. The highest BCUT2D eigenvalue weighted by molar-refractivity contribution is 5.04. The molecular formula is C8H10FN3. The molecule has 1 aromatic rings. The Morgan fingerprint density at radius 3 is 3.17 bits per heavy atom. The van der Waals surface area contributed by atoms with Gasteiger partial charge >= 0.3 is 0 Å². The fourth-order valence-electron chi connectivity index (χ4n) is 1.01. The molecule has 1 atom stereocenters. The van der Waals surface area contributed by atoms with E-state index in [2.05, 4.69) is 4.98 Å². The van der Waals surface area contributed by atoms with E-state index in [0.717, 1.165) is 5.69 Å². The molecule has 0 aliphatic heterocycles. The summed E-state index contributed by atoms with van der Waals surface area (Å²) in [6.07, 6.45) is 2.51. The predicted molar refractivity (Wildman–Crippen MR) is 42.1 cm³/mol. The number of nitrogens with zero attached hydrogens (tertiary/aromatic N) is 3. The number of aromatic nitrogens is 2. The first-order valence-corrected chi connectivity index (χ1v) is 3.74. The standard InChI is InChI=1S/C8H10FN3/c1-7(9)5-12-6-11-4-8(12)2-3-10/h4,6-7H,2,5H2,1H3. The third-order valence-corrected chi connectivity index (χ3v) is 1.51. The topological polar surface area (TPSA) is 41.6 Å².